The van der Waals surface area contributed by atoms with Gasteiger partial charge in [0.25, 0.3) is 6.47 Å². The number of hydrogen-bond acceptors (Lipinski definition) is 2. The van der Waals surface area contributed by atoms with Gasteiger partial charge in [-0.1, -0.05) is 64.7 Å². The lowest BCUT2D eigenvalue weighted by Gasteiger charge is -2.18. The van der Waals surface area contributed by atoms with Crippen molar-refractivity contribution in [2.75, 3.05) is 0 Å². The SMILES string of the molecule is CC(C)(C)OC=O.CCCC1CCCCCCC1. The monoisotopic (exact) mass is 256 g/mol. The first-order valence-electron chi connectivity index (χ1n) is 7.61. The highest BCUT2D eigenvalue weighted by atomic mass is 16.5. The van der Waals surface area contributed by atoms with Crippen LogP contribution in [-0.4, -0.2) is 12.1 Å². The highest BCUT2D eigenvalue weighted by Gasteiger charge is 2.09. The fourth-order valence-electron chi connectivity index (χ4n) is 2.38. The van der Waals surface area contributed by atoms with Crippen LogP contribution in [-0.2, 0) is 9.53 Å². The average Bonchev–Trinajstić information content (AvgIpc) is 2.21. The van der Waals surface area contributed by atoms with Gasteiger partial charge in [0.05, 0.1) is 0 Å². The van der Waals surface area contributed by atoms with E-state index >= 15 is 0 Å². The van der Waals surface area contributed by atoms with Crippen LogP contribution in [0, 0.1) is 5.92 Å². The van der Waals surface area contributed by atoms with Gasteiger partial charge < -0.3 is 4.74 Å². The van der Waals surface area contributed by atoms with Crippen molar-refractivity contribution in [3.8, 4) is 0 Å². The van der Waals surface area contributed by atoms with Crippen molar-refractivity contribution in [2.45, 2.75) is 91.1 Å². The number of rotatable bonds is 3. The Bertz CT molecular complexity index is 186. The third-order valence-corrected chi connectivity index (χ3v) is 3.32. The molecule has 0 aromatic carbocycles. The molecule has 0 N–H and O–H groups in total. The lowest BCUT2D eigenvalue weighted by Crippen LogP contribution is -2.17. The highest BCUT2D eigenvalue weighted by molar-refractivity contribution is 5.37. The molecule has 0 heterocycles. The summed E-state index contributed by atoms with van der Waals surface area (Å²) in [5.74, 6) is 1.08. The molecule has 1 aliphatic carbocycles. The van der Waals surface area contributed by atoms with E-state index < -0.39 is 0 Å². The van der Waals surface area contributed by atoms with Crippen LogP contribution in [0.4, 0.5) is 0 Å². The van der Waals surface area contributed by atoms with Gasteiger partial charge in [-0.05, 0) is 26.7 Å². The number of carbonyl (C=O) groups excluding carboxylic acids is 1. The van der Waals surface area contributed by atoms with Gasteiger partial charge in [0.15, 0.2) is 0 Å². The summed E-state index contributed by atoms with van der Waals surface area (Å²) >= 11 is 0. The Morgan fingerprint density at radius 1 is 1.06 bits per heavy atom. The summed E-state index contributed by atoms with van der Waals surface area (Å²) in [5, 5.41) is 0. The summed E-state index contributed by atoms with van der Waals surface area (Å²) in [5.41, 5.74) is -0.318. The molecule has 0 unspecified atom stereocenters. The van der Waals surface area contributed by atoms with Crippen LogP contribution in [0.5, 0.6) is 0 Å². The third-order valence-electron chi connectivity index (χ3n) is 3.32. The van der Waals surface area contributed by atoms with E-state index in [4.69, 9.17) is 0 Å². The minimum Gasteiger partial charge on any atom is -0.462 e. The molecular weight excluding hydrogens is 224 g/mol. The average molecular weight is 256 g/mol. The molecule has 108 valence electrons. The van der Waals surface area contributed by atoms with E-state index in [1.807, 2.05) is 20.8 Å². The smallest absolute Gasteiger partial charge is 0.293 e. The molecule has 1 fully saturated rings. The van der Waals surface area contributed by atoms with Gasteiger partial charge in [0.1, 0.15) is 5.60 Å². The molecule has 0 aromatic rings. The van der Waals surface area contributed by atoms with Gasteiger partial charge in [-0.2, -0.15) is 0 Å². The van der Waals surface area contributed by atoms with Crippen molar-refractivity contribution >= 4 is 6.47 Å². The van der Waals surface area contributed by atoms with Crippen LogP contribution < -0.4 is 0 Å². The van der Waals surface area contributed by atoms with Gasteiger partial charge in [-0.25, -0.2) is 0 Å². The van der Waals surface area contributed by atoms with Crippen molar-refractivity contribution in [3.05, 3.63) is 0 Å². The number of ether oxygens (including phenoxy) is 1. The van der Waals surface area contributed by atoms with Gasteiger partial charge in [0.2, 0.25) is 0 Å². The summed E-state index contributed by atoms with van der Waals surface area (Å²) in [6.45, 7) is 8.24. The summed E-state index contributed by atoms with van der Waals surface area (Å²) in [7, 11) is 0. The maximum absolute atomic E-state index is 9.60. The first-order chi connectivity index (χ1) is 8.49. The van der Waals surface area contributed by atoms with Crippen LogP contribution in [0.2, 0.25) is 0 Å². The maximum atomic E-state index is 9.60. The van der Waals surface area contributed by atoms with Crippen molar-refractivity contribution in [1.29, 1.82) is 0 Å². The van der Waals surface area contributed by atoms with Crippen molar-refractivity contribution in [1.82, 2.24) is 0 Å². The van der Waals surface area contributed by atoms with Gasteiger partial charge in [-0.15, -0.1) is 0 Å². The van der Waals surface area contributed by atoms with E-state index in [-0.39, 0.29) is 5.60 Å². The molecule has 0 radical (unpaired) electrons. The van der Waals surface area contributed by atoms with Gasteiger partial charge in [-0.3, -0.25) is 4.79 Å². The predicted molar refractivity (Wildman–Crippen MR) is 77.6 cm³/mol. The second-order valence-corrected chi connectivity index (χ2v) is 6.33. The van der Waals surface area contributed by atoms with Crippen LogP contribution in [0.1, 0.15) is 85.5 Å². The molecular formula is C16H32O2. The lowest BCUT2D eigenvalue weighted by atomic mass is 9.88. The van der Waals surface area contributed by atoms with E-state index in [1.165, 1.54) is 57.8 Å². The van der Waals surface area contributed by atoms with E-state index in [2.05, 4.69) is 11.7 Å². The Morgan fingerprint density at radius 2 is 1.56 bits per heavy atom. The second-order valence-electron chi connectivity index (χ2n) is 6.33. The quantitative estimate of drug-likeness (QED) is 0.656. The van der Waals surface area contributed by atoms with Gasteiger partial charge in [0, 0.05) is 0 Å². The molecule has 0 atom stereocenters. The lowest BCUT2D eigenvalue weighted by molar-refractivity contribution is -0.138. The minimum absolute atomic E-state index is 0.318. The Hall–Kier alpha value is -0.530. The van der Waals surface area contributed by atoms with Crippen LogP contribution in [0.15, 0.2) is 0 Å². The van der Waals surface area contributed by atoms with E-state index in [0.29, 0.717) is 6.47 Å². The molecule has 1 saturated carbocycles. The summed E-state index contributed by atoms with van der Waals surface area (Å²) < 4.78 is 4.55. The second kappa shape index (κ2) is 10.4. The Balaban J connectivity index is 0.000000360. The maximum Gasteiger partial charge on any atom is 0.293 e. The Kier molecular flexibility index (Phi) is 10.1. The third kappa shape index (κ3) is 11.9. The highest BCUT2D eigenvalue weighted by Crippen LogP contribution is 2.25. The van der Waals surface area contributed by atoms with Gasteiger partial charge >= 0.3 is 0 Å². The fourth-order valence-corrected chi connectivity index (χ4v) is 2.38. The first kappa shape index (κ1) is 17.5. The van der Waals surface area contributed by atoms with E-state index in [1.54, 1.807) is 0 Å². The first-order valence-corrected chi connectivity index (χ1v) is 7.61. The topological polar surface area (TPSA) is 26.3 Å². The standard InChI is InChI=1S/C11H22.C5H10O2/c1-2-8-11-9-6-4-3-5-7-10-11;1-5(2,3)7-4-6/h11H,2-10H2,1H3;4H,1-3H3. The molecule has 0 aromatic heterocycles. The predicted octanol–water partition coefficient (Wildman–Crippen LogP) is 5.10. The molecule has 0 aliphatic heterocycles. The number of carbonyl (C=O) groups is 1. The zero-order chi connectivity index (χ0) is 13.9. The van der Waals surface area contributed by atoms with Crippen LogP contribution >= 0.6 is 0 Å². The number of hydrogen-bond donors (Lipinski definition) is 0. The summed E-state index contributed by atoms with van der Waals surface area (Å²) in [4.78, 5) is 9.60. The van der Waals surface area contributed by atoms with E-state index in [9.17, 15) is 4.79 Å². The van der Waals surface area contributed by atoms with Crippen molar-refractivity contribution in [3.63, 3.8) is 0 Å². The largest absolute Gasteiger partial charge is 0.462 e. The Labute approximate surface area is 113 Å². The summed E-state index contributed by atoms with van der Waals surface area (Å²) in [6.07, 6.45) is 13.4. The van der Waals surface area contributed by atoms with E-state index in [0.717, 1.165) is 5.92 Å². The molecule has 2 heteroatoms. The molecule has 2 nitrogen and oxygen atoms in total. The fraction of sp³-hybridized carbons (Fsp3) is 0.938. The minimum atomic E-state index is -0.318. The molecule has 18 heavy (non-hydrogen) atoms. The zero-order valence-corrected chi connectivity index (χ0v) is 12.8. The molecule has 0 bridgehead atoms. The van der Waals surface area contributed by atoms with Crippen LogP contribution in [0.25, 0.3) is 0 Å². The van der Waals surface area contributed by atoms with Crippen molar-refractivity contribution in [2.24, 2.45) is 5.92 Å². The molecule has 1 rings (SSSR count). The Morgan fingerprint density at radius 3 is 1.89 bits per heavy atom. The molecule has 0 spiro atoms. The van der Waals surface area contributed by atoms with Crippen LogP contribution in [0.3, 0.4) is 0 Å². The molecule has 1 aliphatic rings. The zero-order valence-electron chi connectivity index (χ0n) is 12.8. The van der Waals surface area contributed by atoms with Crippen molar-refractivity contribution < 1.29 is 9.53 Å². The summed E-state index contributed by atoms with van der Waals surface area (Å²) in [6, 6.07) is 0. The normalized spacial score (nSPS) is 18.0. The molecule has 0 saturated heterocycles. The molecule has 0 amide bonds.